The van der Waals surface area contributed by atoms with E-state index < -0.39 is 0 Å². The Balaban J connectivity index is 1.82. The minimum absolute atomic E-state index is 0.0459. The third-order valence-corrected chi connectivity index (χ3v) is 5.02. The number of amides is 1. The van der Waals surface area contributed by atoms with Gasteiger partial charge in [0, 0.05) is 31.6 Å². The van der Waals surface area contributed by atoms with Crippen molar-refractivity contribution in [3.63, 3.8) is 0 Å². The van der Waals surface area contributed by atoms with Gasteiger partial charge in [-0.3, -0.25) is 9.48 Å². The minimum Gasteiger partial charge on any atom is -0.337 e. The molecule has 0 N–H and O–H groups in total. The maximum Gasteiger partial charge on any atom is 0.274 e. The average Bonchev–Trinajstić information content (AvgIpc) is 2.98. The van der Waals surface area contributed by atoms with Crippen molar-refractivity contribution in [1.29, 1.82) is 5.26 Å². The molecule has 1 aromatic heterocycles. The van der Waals surface area contributed by atoms with Gasteiger partial charge in [-0.25, -0.2) is 0 Å². The monoisotopic (exact) mass is 362 g/mol. The van der Waals surface area contributed by atoms with Gasteiger partial charge in [-0.1, -0.05) is 29.3 Å². The van der Waals surface area contributed by atoms with Crippen LogP contribution in [0.5, 0.6) is 0 Å². The van der Waals surface area contributed by atoms with Gasteiger partial charge in [-0.05, 0) is 31.0 Å². The summed E-state index contributed by atoms with van der Waals surface area (Å²) in [5.74, 6) is -0.0575. The van der Waals surface area contributed by atoms with E-state index in [1.165, 1.54) is 0 Å². The first-order valence-electron chi connectivity index (χ1n) is 7.68. The van der Waals surface area contributed by atoms with E-state index in [9.17, 15) is 4.79 Å². The van der Waals surface area contributed by atoms with Crippen molar-refractivity contribution in [2.24, 2.45) is 13.0 Å². The Morgan fingerprint density at radius 2 is 1.96 bits per heavy atom. The molecular weight excluding hydrogens is 347 g/mol. The highest BCUT2D eigenvalue weighted by molar-refractivity contribution is 6.42. The zero-order valence-electron chi connectivity index (χ0n) is 13.2. The number of benzene rings is 1. The Kier molecular flexibility index (Phi) is 4.79. The molecule has 0 spiro atoms. The average molecular weight is 363 g/mol. The molecule has 1 aliphatic rings. The number of carbonyl (C=O) groups is 1. The maximum atomic E-state index is 12.6. The van der Waals surface area contributed by atoms with Crippen LogP contribution in [-0.2, 0) is 7.05 Å². The van der Waals surface area contributed by atoms with Gasteiger partial charge < -0.3 is 4.90 Å². The molecule has 1 fully saturated rings. The zero-order valence-corrected chi connectivity index (χ0v) is 14.7. The van der Waals surface area contributed by atoms with E-state index >= 15 is 0 Å². The summed E-state index contributed by atoms with van der Waals surface area (Å²) >= 11 is 12.0. The van der Waals surface area contributed by atoms with E-state index in [4.69, 9.17) is 28.5 Å². The molecule has 0 aliphatic carbocycles. The van der Waals surface area contributed by atoms with Gasteiger partial charge >= 0.3 is 0 Å². The Morgan fingerprint density at radius 1 is 1.25 bits per heavy atom. The highest BCUT2D eigenvalue weighted by Crippen LogP contribution is 2.29. The molecule has 2 heterocycles. The number of aryl methyl sites for hydroxylation is 1. The lowest BCUT2D eigenvalue weighted by Crippen LogP contribution is -2.38. The van der Waals surface area contributed by atoms with Crippen LogP contribution in [0.15, 0.2) is 24.3 Å². The summed E-state index contributed by atoms with van der Waals surface area (Å²) in [5, 5.41) is 14.2. The van der Waals surface area contributed by atoms with E-state index in [1.54, 1.807) is 34.8 Å². The zero-order chi connectivity index (χ0) is 17.3. The van der Waals surface area contributed by atoms with Gasteiger partial charge in [0.1, 0.15) is 0 Å². The maximum absolute atomic E-state index is 12.6. The number of halogens is 2. The van der Waals surface area contributed by atoms with Crippen molar-refractivity contribution < 1.29 is 4.79 Å². The van der Waals surface area contributed by atoms with Gasteiger partial charge in [0.15, 0.2) is 5.69 Å². The number of hydrogen-bond acceptors (Lipinski definition) is 3. The predicted molar refractivity (Wildman–Crippen MR) is 92.9 cm³/mol. The summed E-state index contributed by atoms with van der Waals surface area (Å²) in [6, 6.07) is 9.35. The van der Waals surface area contributed by atoms with Crippen molar-refractivity contribution in [2.75, 3.05) is 13.1 Å². The van der Waals surface area contributed by atoms with E-state index in [0.29, 0.717) is 41.7 Å². The molecule has 7 heteroatoms. The van der Waals surface area contributed by atoms with Crippen LogP contribution in [-0.4, -0.2) is 33.7 Å². The van der Waals surface area contributed by atoms with Gasteiger partial charge in [-0.2, -0.15) is 10.4 Å². The Bertz CT molecular complexity index is 816. The fraction of sp³-hybridized carbons (Fsp3) is 0.353. The van der Waals surface area contributed by atoms with E-state index in [1.807, 2.05) is 6.07 Å². The predicted octanol–water partition coefficient (Wildman–Crippen LogP) is 3.77. The van der Waals surface area contributed by atoms with Crippen molar-refractivity contribution in [3.8, 4) is 17.3 Å². The summed E-state index contributed by atoms with van der Waals surface area (Å²) in [6.45, 7) is 1.19. The van der Waals surface area contributed by atoms with E-state index in [2.05, 4.69) is 11.2 Å². The number of likely N-dealkylation sites (tertiary alicyclic amines) is 1. The largest absolute Gasteiger partial charge is 0.337 e. The topological polar surface area (TPSA) is 61.9 Å². The number of aromatic nitrogens is 2. The lowest BCUT2D eigenvalue weighted by atomic mass is 9.98. The lowest BCUT2D eigenvalue weighted by molar-refractivity contribution is 0.0700. The van der Waals surface area contributed by atoms with Gasteiger partial charge in [-0.15, -0.1) is 0 Å². The van der Waals surface area contributed by atoms with Crippen LogP contribution in [0.4, 0.5) is 0 Å². The number of piperidine rings is 1. The second-order valence-electron chi connectivity index (χ2n) is 5.86. The lowest BCUT2D eigenvalue weighted by Gasteiger charge is -2.28. The third-order valence-electron chi connectivity index (χ3n) is 4.28. The Hall–Kier alpha value is -2.03. The normalized spacial score (nSPS) is 15.3. The fourth-order valence-corrected chi connectivity index (χ4v) is 3.17. The Labute approximate surface area is 150 Å². The molecule has 24 heavy (non-hydrogen) atoms. The summed E-state index contributed by atoms with van der Waals surface area (Å²) in [7, 11) is 1.79. The van der Waals surface area contributed by atoms with Crippen LogP contribution in [0, 0.1) is 17.2 Å². The number of nitrogens with zero attached hydrogens (tertiary/aromatic N) is 4. The van der Waals surface area contributed by atoms with Gasteiger partial charge in [0.05, 0.1) is 21.8 Å². The molecule has 1 amide bonds. The first-order chi connectivity index (χ1) is 11.5. The molecule has 3 rings (SSSR count). The first kappa shape index (κ1) is 16.8. The molecule has 0 saturated carbocycles. The molecule has 2 aromatic rings. The first-order valence-corrected chi connectivity index (χ1v) is 8.43. The molecule has 0 radical (unpaired) electrons. The molecular formula is C17H16Cl2N4O. The van der Waals surface area contributed by atoms with E-state index in [-0.39, 0.29) is 11.8 Å². The van der Waals surface area contributed by atoms with Crippen LogP contribution >= 0.6 is 23.2 Å². The minimum atomic E-state index is -0.103. The van der Waals surface area contributed by atoms with Crippen molar-refractivity contribution in [3.05, 3.63) is 40.0 Å². The molecule has 1 aromatic carbocycles. The number of hydrogen-bond donors (Lipinski definition) is 0. The van der Waals surface area contributed by atoms with E-state index in [0.717, 1.165) is 11.3 Å². The smallest absolute Gasteiger partial charge is 0.274 e. The molecule has 1 saturated heterocycles. The summed E-state index contributed by atoms with van der Waals surface area (Å²) in [6.07, 6.45) is 1.43. The fourth-order valence-electron chi connectivity index (χ4n) is 2.87. The van der Waals surface area contributed by atoms with Crippen LogP contribution in [0.3, 0.4) is 0 Å². The van der Waals surface area contributed by atoms with Crippen LogP contribution in [0.25, 0.3) is 11.3 Å². The molecule has 5 nitrogen and oxygen atoms in total. The molecule has 1 aliphatic heterocycles. The van der Waals surface area contributed by atoms with Crippen molar-refractivity contribution in [2.45, 2.75) is 12.8 Å². The SMILES string of the molecule is Cn1nc(C(=O)N2CCC(C#N)CC2)cc1-c1ccc(Cl)c(Cl)c1. The van der Waals surface area contributed by atoms with Crippen LogP contribution in [0.1, 0.15) is 23.3 Å². The second-order valence-corrected chi connectivity index (χ2v) is 6.68. The molecule has 0 bridgehead atoms. The van der Waals surface area contributed by atoms with Crippen LogP contribution < -0.4 is 0 Å². The highest BCUT2D eigenvalue weighted by Gasteiger charge is 2.25. The summed E-state index contributed by atoms with van der Waals surface area (Å²) < 4.78 is 1.66. The van der Waals surface area contributed by atoms with Gasteiger partial charge in [0.2, 0.25) is 0 Å². The summed E-state index contributed by atoms with van der Waals surface area (Å²) in [5.41, 5.74) is 2.04. The highest BCUT2D eigenvalue weighted by atomic mass is 35.5. The molecule has 124 valence electrons. The second kappa shape index (κ2) is 6.84. The summed E-state index contributed by atoms with van der Waals surface area (Å²) in [4.78, 5) is 14.4. The van der Waals surface area contributed by atoms with Crippen LogP contribution in [0.2, 0.25) is 10.0 Å². The quantitative estimate of drug-likeness (QED) is 0.816. The molecule has 0 atom stereocenters. The number of nitriles is 1. The number of rotatable bonds is 2. The molecule has 0 unspecified atom stereocenters. The van der Waals surface area contributed by atoms with Crippen molar-refractivity contribution >= 4 is 29.1 Å². The standard InChI is InChI=1S/C17H16Cl2N4O/c1-22-16(12-2-3-13(18)14(19)8-12)9-15(21-22)17(24)23-6-4-11(10-20)5-7-23/h2-3,8-9,11H,4-7H2,1H3. The van der Waals surface area contributed by atoms with Crippen molar-refractivity contribution in [1.82, 2.24) is 14.7 Å². The third kappa shape index (κ3) is 3.26. The van der Waals surface area contributed by atoms with Gasteiger partial charge in [0.25, 0.3) is 5.91 Å². The Morgan fingerprint density at radius 3 is 2.58 bits per heavy atom. The number of carbonyl (C=O) groups excluding carboxylic acids is 1.